The first-order chi connectivity index (χ1) is 10.5. The minimum Gasteiger partial charge on any atom is -0.481 e. The molecule has 124 valence electrons. The Morgan fingerprint density at radius 2 is 1.68 bits per heavy atom. The largest absolute Gasteiger partial charge is 0.490 e. The van der Waals surface area contributed by atoms with Gasteiger partial charge in [0.25, 0.3) is 0 Å². The molecule has 1 saturated heterocycles. The van der Waals surface area contributed by atoms with Crippen molar-refractivity contribution in [2.45, 2.75) is 83.8 Å². The first-order valence-electron chi connectivity index (χ1n) is 8.74. The van der Waals surface area contributed by atoms with Crippen molar-refractivity contribution >= 4 is 13.1 Å². The maximum Gasteiger partial charge on any atom is 0.490 e. The van der Waals surface area contributed by atoms with E-state index in [9.17, 15) is 4.79 Å². The number of hydrogen-bond acceptors (Lipinski definition) is 3. The van der Waals surface area contributed by atoms with Gasteiger partial charge in [-0.05, 0) is 50.4 Å². The zero-order valence-corrected chi connectivity index (χ0v) is 14.4. The smallest absolute Gasteiger partial charge is 0.481 e. The van der Waals surface area contributed by atoms with Crippen molar-refractivity contribution < 1.29 is 19.2 Å². The van der Waals surface area contributed by atoms with Crippen LogP contribution in [0, 0.1) is 5.92 Å². The minimum absolute atomic E-state index is 0.231. The van der Waals surface area contributed by atoms with Crippen LogP contribution in [0.3, 0.4) is 0 Å². The summed E-state index contributed by atoms with van der Waals surface area (Å²) in [5.41, 5.74) is 0.671. The van der Waals surface area contributed by atoms with E-state index in [1.165, 1.54) is 0 Å². The molecule has 1 unspecified atom stereocenters. The fraction of sp³-hybridized carbons (Fsp3) is 0.824. The summed E-state index contributed by atoms with van der Waals surface area (Å²) in [4.78, 5) is 11.1. The lowest BCUT2D eigenvalue weighted by Crippen LogP contribution is -2.50. The summed E-state index contributed by atoms with van der Waals surface area (Å²) in [6.45, 7) is 8.69. The number of carboxylic acid groups (broad SMARTS) is 1. The first kappa shape index (κ1) is 17.5. The van der Waals surface area contributed by atoms with Crippen molar-refractivity contribution in [2.24, 2.45) is 5.92 Å². The molecule has 1 aliphatic heterocycles. The Kier molecular flexibility index (Phi) is 5.39. The Balaban J connectivity index is 2.20. The fourth-order valence-electron chi connectivity index (χ4n) is 4.21. The summed E-state index contributed by atoms with van der Waals surface area (Å²) >= 11 is 0. The van der Waals surface area contributed by atoms with Gasteiger partial charge in [-0.3, -0.25) is 4.79 Å². The van der Waals surface area contributed by atoms with Gasteiger partial charge >= 0.3 is 13.1 Å². The molecule has 1 fully saturated rings. The van der Waals surface area contributed by atoms with Crippen LogP contribution in [0.5, 0.6) is 0 Å². The second-order valence-electron chi connectivity index (χ2n) is 6.56. The van der Waals surface area contributed by atoms with Crippen LogP contribution in [0.2, 0.25) is 0 Å². The molecular weight excluding hydrogens is 279 g/mol. The Labute approximate surface area is 134 Å². The molecule has 1 heterocycles. The van der Waals surface area contributed by atoms with E-state index in [4.69, 9.17) is 14.4 Å². The maximum atomic E-state index is 11.1. The Morgan fingerprint density at radius 1 is 1.18 bits per heavy atom. The highest BCUT2D eigenvalue weighted by molar-refractivity contribution is 6.54. The van der Waals surface area contributed by atoms with Gasteiger partial charge in [0, 0.05) is 0 Å². The lowest BCUT2D eigenvalue weighted by molar-refractivity contribution is -0.141. The van der Waals surface area contributed by atoms with Gasteiger partial charge in [-0.2, -0.15) is 0 Å². The lowest BCUT2D eigenvalue weighted by atomic mass is 9.70. The molecule has 2 rings (SSSR count). The molecule has 0 amide bonds. The molecule has 2 aliphatic rings. The Morgan fingerprint density at radius 3 is 2.00 bits per heavy atom. The predicted octanol–water partition coefficient (Wildman–Crippen LogP) is 3.99. The van der Waals surface area contributed by atoms with Gasteiger partial charge in [-0.1, -0.05) is 33.8 Å². The number of hydrogen-bond donors (Lipinski definition) is 1. The van der Waals surface area contributed by atoms with Gasteiger partial charge in [-0.25, -0.2) is 0 Å². The predicted molar refractivity (Wildman–Crippen MR) is 87.6 cm³/mol. The van der Waals surface area contributed by atoms with Crippen molar-refractivity contribution in [3.8, 4) is 0 Å². The van der Waals surface area contributed by atoms with Gasteiger partial charge in [-0.15, -0.1) is 0 Å². The van der Waals surface area contributed by atoms with Gasteiger partial charge < -0.3 is 14.4 Å². The van der Waals surface area contributed by atoms with E-state index in [0.717, 1.165) is 37.6 Å². The molecule has 0 aromatic heterocycles. The third kappa shape index (κ3) is 2.74. The average molecular weight is 308 g/mol. The second-order valence-corrected chi connectivity index (χ2v) is 6.56. The van der Waals surface area contributed by atoms with Gasteiger partial charge in [0.05, 0.1) is 17.1 Å². The van der Waals surface area contributed by atoms with E-state index >= 15 is 0 Å². The molecule has 0 aromatic carbocycles. The summed E-state index contributed by atoms with van der Waals surface area (Å²) in [6.07, 6.45) is 7.81. The van der Waals surface area contributed by atoms with Crippen molar-refractivity contribution in [3.63, 3.8) is 0 Å². The summed E-state index contributed by atoms with van der Waals surface area (Å²) in [5.74, 6) is -0.953. The van der Waals surface area contributed by atoms with Crippen LogP contribution in [0.15, 0.2) is 11.5 Å². The normalized spacial score (nSPS) is 26.8. The van der Waals surface area contributed by atoms with Crippen LogP contribution >= 0.6 is 0 Å². The van der Waals surface area contributed by atoms with Crippen LogP contribution in [0.25, 0.3) is 0 Å². The number of aliphatic carboxylic acids is 1. The second kappa shape index (κ2) is 6.75. The highest BCUT2D eigenvalue weighted by Gasteiger charge is 2.58. The monoisotopic (exact) mass is 308 g/mol. The topological polar surface area (TPSA) is 55.8 Å². The van der Waals surface area contributed by atoms with Crippen LogP contribution in [0.4, 0.5) is 0 Å². The molecule has 0 spiro atoms. The van der Waals surface area contributed by atoms with Gasteiger partial charge in [0.2, 0.25) is 0 Å². The SMILES string of the molecule is CCC1(CC)OB(C2=CCC(C(=O)O)CC2)OC1(CC)CC. The van der Waals surface area contributed by atoms with E-state index < -0.39 is 5.97 Å². The number of rotatable bonds is 6. The Bertz CT molecular complexity index is 418. The lowest BCUT2D eigenvalue weighted by Gasteiger charge is -2.42. The van der Waals surface area contributed by atoms with Crippen LogP contribution in [-0.4, -0.2) is 29.4 Å². The van der Waals surface area contributed by atoms with Crippen molar-refractivity contribution in [2.75, 3.05) is 0 Å². The van der Waals surface area contributed by atoms with Crippen LogP contribution in [-0.2, 0) is 14.1 Å². The molecular formula is C17H29BO4. The quantitative estimate of drug-likeness (QED) is 0.754. The summed E-state index contributed by atoms with van der Waals surface area (Å²) in [7, 11) is -0.297. The molecule has 1 aliphatic carbocycles. The van der Waals surface area contributed by atoms with Crippen molar-refractivity contribution in [1.29, 1.82) is 0 Å². The molecule has 0 radical (unpaired) electrons. The number of allylic oxidation sites excluding steroid dienone is 2. The third-order valence-corrected chi connectivity index (χ3v) is 5.88. The zero-order chi connectivity index (χ0) is 16.4. The summed E-state index contributed by atoms with van der Waals surface area (Å²) in [6, 6.07) is 0. The maximum absolute atomic E-state index is 11.1. The molecule has 1 N–H and O–H groups in total. The molecule has 4 nitrogen and oxygen atoms in total. The van der Waals surface area contributed by atoms with Crippen LogP contribution < -0.4 is 0 Å². The van der Waals surface area contributed by atoms with E-state index in [1.54, 1.807) is 0 Å². The van der Waals surface area contributed by atoms with Gasteiger partial charge in [0.1, 0.15) is 0 Å². The molecule has 0 bridgehead atoms. The average Bonchev–Trinajstić information content (AvgIpc) is 2.90. The van der Waals surface area contributed by atoms with Gasteiger partial charge in [0.15, 0.2) is 0 Å². The summed E-state index contributed by atoms with van der Waals surface area (Å²) < 4.78 is 12.9. The number of carbonyl (C=O) groups is 1. The highest BCUT2D eigenvalue weighted by atomic mass is 16.7. The summed E-state index contributed by atoms with van der Waals surface area (Å²) in [5, 5.41) is 9.12. The molecule has 0 saturated carbocycles. The van der Waals surface area contributed by atoms with E-state index in [1.807, 2.05) is 6.08 Å². The molecule has 5 heteroatoms. The van der Waals surface area contributed by atoms with E-state index in [0.29, 0.717) is 12.8 Å². The first-order valence-corrected chi connectivity index (χ1v) is 8.74. The zero-order valence-electron chi connectivity index (χ0n) is 14.4. The highest BCUT2D eigenvalue weighted by Crippen LogP contribution is 2.48. The van der Waals surface area contributed by atoms with Crippen LogP contribution in [0.1, 0.15) is 72.6 Å². The molecule has 0 aromatic rings. The molecule has 1 atom stereocenters. The standard InChI is InChI=1S/C17H29BO4/c1-5-16(6-2)17(7-3,8-4)22-18(21-16)14-11-9-13(10-12-14)15(19)20/h11,13H,5-10,12H2,1-4H3,(H,19,20). The minimum atomic E-state index is -0.698. The van der Waals surface area contributed by atoms with E-state index in [2.05, 4.69) is 27.7 Å². The molecule has 22 heavy (non-hydrogen) atoms. The Hall–Kier alpha value is -0.805. The van der Waals surface area contributed by atoms with Crippen molar-refractivity contribution in [1.82, 2.24) is 0 Å². The van der Waals surface area contributed by atoms with E-state index in [-0.39, 0.29) is 24.2 Å². The number of carboxylic acids is 1. The fourth-order valence-corrected chi connectivity index (χ4v) is 4.21. The van der Waals surface area contributed by atoms with Crippen molar-refractivity contribution in [3.05, 3.63) is 11.5 Å². The third-order valence-electron chi connectivity index (χ3n) is 5.88.